The normalized spacial score (nSPS) is 11.0. The summed E-state index contributed by atoms with van der Waals surface area (Å²) in [6.07, 6.45) is 0. The molecule has 0 atom stereocenters. The average molecular weight is 462 g/mol. The SMILES string of the molecule is Cc1ccc(C#Cc2cc3c(cc(-c4ccc(C)cc4)n3-c3ccc(C)cc3)c3ccccc23)cc1. The van der Waals surface area contributed by atoms with Gasteiger partial charge in [0, 0.05) is 22.2 Å². The number of hydrogen-bond acceptors (Lipinski definition) is 0. The minimum atomic E-state index is 1.03. The highest BCUT2D eigenvalue weighted by Gasteiger charge is 2.16. The number of aryl methyl sites for hydroxylation is 3. The Morgan fingerprint density at radius 2 is 1.11 bits per heavy atom. The Balaban J connectivity index is 1.66. The molecule has 1 heterocycles. The fourth-order valence-corrected chi connectivity index (χ4v) is 4.84. The molecule has 0 radical (unpaired) electrons. The summed E-state index contributed by atoms with van der Waals surface area (Å²) in [5.74, 6) is 6.89. The Morgan fingerprint density at radius 3 is 1.78 bits per heavy atom. The number of hydrogen-bond donors (Lipinski definition) is 0. The van der Waals surface area contributed by atoms with E-state index >= 15 is 0 Å². The smallest absolute Gasteiger partial charge is 0.0553 e. The van der Waals surface area contributed by atoms with Gasteiger partial charge in [-0.15, -0.1) is 0 Å². The van der Waals surface area contributed by atoms with Crippen LogP contribution < -0.4 is 0 Å². The van der Waals surface area contributed by atoms with Crippen LogP contribution in [0.4, 0.5) is 0 Å². The van der Waals surface area contributed by atoms with Crippen LogP contribution >= 0.6 is 0 Å². The van der Waals surface area contributed by atoms with Crippen molar-refractivity contribution in [3.8, 4) is 28.8 Å². The number of rotatable bonds is 2. The van der Waals surface area contributed by atoms with E-state index in [4.69, 9.17) is 0 Å². The molecule has 1 nitrogen and oxygen atoms in total. The van der Waals surface area contributed by atoms with E-state index in [1.165, 1.54) is 49.6 Å². The number of fused-ring (bicyclic) bond motifs is 3. The second-order valence-electron chi connectivity index (χ2n) is 9.59. The van der Waals surface area contributed by atoms with Crippen molar-refractivity contribution in [2.45, 2.75) is 20.8 Å². The van der Waals surface area contributed by atoms with Crippen molar-refractivity contribution in [1.29, 1.82) is 0 Å². The van der Waals surface area contributed by atoms with Crippen molar-refractivity contribution in [3.63, 3.8) is 0 Å². The zero-order valence-corrected chi connectivity index (χ0v) is 20.8. The third kappa shape index (κ3) is 3.98. The van der Waals surface area contributed by atoms with E-state index in [0.717, 1.165) is 16.8 Å². The van der Waals surface area contributed by atoms with E-state index < -0.39 is 0 Å². The van der Waals surface area contributed by atoms with Crippen molar-refractivity contribution >= 4 is 21.7 Å². The van der Waals surface area contributed by atoms with Crippen LogP contribution in [0, 0.1) is 32.6 Å². The summed E-state index contributed by atoms with van der Waals surface area (Å²) in [4.78, 5) is 0. The molecule has 0 aliphatic rings. The number of benzene rings is 5. The minimum absolute atomic E-state index is 1.03. The fourth-order valence-electron chi connectivity index (χ4n) is 4.84. The lowest BCUT2D eigenvalue weighted by Gasteiger charge is -2.13. The minimum Gasteiger partial charge on any atom is -0.309 e. The van der Waals surface area contributed by atoms with Crippen LogP contribution in [0.15, 0.2) is 109 Å². The van der Waals surface area contributed by atoms with Crippen molar-refractivity contribution in [3.05, 3.63) is 137 Å². The maximum absolute atomic E-state index is 3.50. The molecule has 1 aromatic heterocycles. The zero-order valence-electron chi connectivity index (χ0n) is 20.8. The van der Waals surface area contributed by atoms with Crippen LogP contribution in [0.1, 0.15) is 27.8 Å². The summed E-state index contributed by atoms with van der Waals surface area (Å²) in [5, 5.41) is 3.64. The highest BCUT2D eigenvalue weighted by molar-refractivity contribution is 6.11. The topological polar surface area (TPSA) is 4.93 Å². The molecule has 0 unspecified atom stereocenters. The van der Waals surface area contributed by atoms with Crippen molar-refractivity contribution in [2.24, 2.45) is 0 Å². The molecule has 0 fully saturated rings. The third-order valence-corrected chi connectivity index (χ3v) is 6.86. The molecule has 0 bridgehead atoms. The molecular formula is C35H27N. The first-order valence-electron chi connectivity index (χ1n) is 12.4. The van der Waals surface area contributed by atoms with Crippen LogP contribution in [0.3, 0.4) is 0 Å². The largest absolute Gasteiger partial charge is 0.309 e. The van der Waals surface area contributed by atoms with Gasteiger partial charge in [0.25, 0.3) is 0 Å². The standard InChI is InChI=1S/C35H27N/c1-24-8-14-27(15-9-24)16-19-29-22-35-33(32-7-5-4-6-31(29)32)23-34(28-17-10-25(2)11-18-28)36(35)30-20-12-26(3)13-21-30/h4-15,17-18,20-23H,1-3H3. The molecule has 172 valence electrons. The highest BCUT2D eigenvalue weighted by atomic mass is 15.0. The van der Waals surface area contributed by atoms with Crippen molar-refractivity contribution in [2.75, 3.05) is 0 Å². The zero-order chi connectivity index (χ0) is 24.6. The lowest BCUT2D eigenvalue weighted by molar-refractivity contribution is 1.13. The van der Waals surface area contributed by atoms with Gasteiger partial charge in [-0.2, -0.15) is 0 Å². The van der Waals surface area contributed by atoms with Gasteiger partial charge in [0.05, 0.1) is 11.2 Å². The summed E-state index contributed by atoms with van der Waals surface area (Å²) in [6, 6.07) is 39.2. The second-order valence-corrected chi connectivity index (χ2v) is 9.59. The predicted octanol–water partition coefficient (Wildman–Crippen LogP) is 8.78. The Morgan fingerprint density at radius 1 is 0.528 bits per heavy atom. The van der Waals surface area contributed by atoms with Crippen molar-refractivity contribution < 1.29 is 0 Å². The molecule has 0 aliphatic carbocycles. The predicted molar refractivity (Wildman–Crippen MR) is 153 cm³/mol. The molecular weight excluding hydrogens is 434 g/mol. The van der Waals surface area contributed by atoms with Gasteiger partial charge in [0.1, 0.15) is 0 Å². The first-order chi connectivity index (χ1) is 17.6. The summed E-state index contributed by atoms with van der Waals surface area (Å²) in [6.45, 7) is 6.36. The van der Waals surface area contributed by atoms with Gasteiger partial charge in [-0.3, -0.25) is 0 Å². The monoisotopic (exact) mass is 461 g/mol. The molecule has 0 saturated heterocycles. The van der Waals surface area contributed by atoms with E-state index in [-0.39, 0.29) is 0 Å². The highest BCUT2D eigenvalue weighted by Crippen LogP contribution is 2.37. The molecule has 5 aromatic carbocycles. The average Bonchev–Trinajstić information content (AvgIpc) is 3.29. The van der Waals surface area contributed by atoms with Crippen LogP contribution in [0.25, 0.3) is 38.6 Å². The molecule has 0 amide bonds. The molecule has 0 saturated carbocycles. The van der Waals surface area contributed by atoms with Crippen LogP contribution in [0.2, 0.25) is 0 Å². The first-order valence-corrected chi connectivity index (χ1v) is 12.4. The summed E-state index contributed by atoms with van der Waals surface area (Å²) in [7, 11) is 0. The van der Waals surface area contributed by atoms with Gasteiger partial charge >= 0.3 is 0 Å². The van der Waals surface area contributed by atoms with Gasteiger partial charge < -0.3 is 4.57 Å². The maximum atomic E-state index is 3.50. The van der Waals surface area contributed by atoms with E-state index in [9.17, 15) is 0 Å². The third-order valence-electron chi connectivity index (χ3n) is 6.86. The van der Waals surface area contributed by atoms with Crippen LogP contribution in [0.5, 0.6) is 0 Å². The Hall–Kier alpha value is -4.54. The molecule has 6 rings (SSSR count). The van der Waals surface area contributed by atoms with Gasteiger partial charge in [0.15, 0.2) is 0 Å². The van der Waals surface area contributed by atoms with Crippen LogP contribution in [-0.2, 0) is 0 Å². The Bertz CT molecular complexity index is 1770. The summed E-state index contributed by atoms with van der Waals surface area (Å²) < 4.78 is 2.38. The van der Waals surface area contributed by atoms with Gasteiger partial charge in [-0.05, 0) is 73.5 Å². The lowest BCUT2D eigenvalue weighted by atomic mass is 10.0. The number of aromatic nitrogens is 1. The maximum Gasteiger partial charge on any atom is 0.0553 e. The molecule has 0 spiro atoms. The molecule has 0 N–H and O–H groups in total. The quantitative estimate of drug-likeness (QED) is 0.227. The van der Waals surface area contributed by atoms with E-state index in [1.807, 2.05) is 0 Å². The van der Waals surface area contributed by atoms with E-state index in [0.29, 0.717) is 0 Å². The fraction of sp³-hybridized carbons (Fsp3) is 0.0857. The first kappa shape index (κ1) is 22.0. The molecule has 36 heavy (non-hydrogen) atoms. The Kier molecular flexibility index (Phi) is 5.44. The molecule has 1 heteroatoms. The van der Waals surface area contributed by atoms with E-state index in [1.54, 1.807) is 0 Å². The number of nitrogens with zero attached hydrogens (tertiary/aromatic N) is 1. The van der Waals surface area contributed by atoms with Crippen LogP contribution in [-0.4, -0.2) is 4.57 Å². The van der Waals surface area contributed by atoms with E-state index in [2.05, 4.69) is 146 Å². The summed E-state index contributed by atoms with van der Waals surface area (Å²) in [5.41, 5.74) is 10.5. The van der Waals surface area contributed by atoms with Gasteiger partial charge in [-0.25, -0.2) is 0 Å². The van der Waals surface area contributed by atoms with Gasteiger partial charge in [-0.1, -0.05) is 101 Å². The van der Waals surface area contributed by atoms with Gasteiger partial charge in [0.2, 0.25) is 0 Å². The van der Waals surface area contributed by atoms with Crippen molar-refractivity contribution in [1.82, 2.24) is 4.57 Å². The second kappa shape index (κ2) is 8.91. The molecule has 0 aliphatic heterocycles. The molecule has 6 aromatic rings. The summed E-state index contributed by atoms with van der Waals surface area (Å²) >= 11 is 0. The lowest BCUT2D eigenvalue weighted by Crippen LogP contribution is -1.97. The Labute approximate surface area is 212 Å².